The topological polar surface area (TPSA) is 20.3 Å². The molecule has 0 saturated carbocycles. The quantitative estimate of drug-likeness (QED) is 0.842. The lowest BCUT2D eigenvalue weighted by Gasteiger charge is -2.34. The van der Waals surface area contributed by atoms with Crippen LogP contribution in [-0.4, -0.2) is 29.3 Å². The summed E-state index contributed by atoms with van der Waals surface area (Å²) in [4.78, 5) is 14.6. The second kappa shape index (κ2) is 5.71. The van der Waals surface area contributed by atoms with Gasteiger partial charge in [-0.2, -0.15) is 0 Å². The standard InChI is InChI=1S/C15H19BrFNO/c1-15(2,18-7-3-4-8-18)14(19)9-11-5-6-12(16)10-13(11)17/h5-6,10H,3-4,7-9H2,1-2H3. The molecule has 0 amide bonds. The van der Waals surface area contributed by atoms with Gasteiger partial charge in [-0.3, -0.25) is 9.69 Å². The molecule has 2 rings (SSSR count). The Morgan fingerprint density at radius 1 is 1.37 bits per heavy atom. The second-order valence-corrected chi connectivity index (χ2v) is 6.50. The van der Waals surface area contributed by atoms with Gasteiger partial charge in [0.25, 0.3) is 0 Å². The van der Waals surface area contributed by atoms with Crippen LogP contribution in [0.3, 0.4) is 0 Å². The van der Waals surface area contributed by atoms with Crippen molar-refractivity contribution in [3.05, 3.63) is 34.1 Å². The zero-order chi connectivity index (χ0) is 14.0. The number of halogens is 2. The fourth-order valence-corrected chi connectivity index (χ4v) is 2.84. The Kier molecular flexibility index (Phi) is 4.41. The van der Waals surface area contributed by atoms with Crippen LogP contribution in [0.25, 0.3) is 0 Å². The van der Waals surface area contributed by atoms with Crippen molar-refractivity contribution in [1.82, 2.24) is 4.90 Å². The van der Waals surface area contributed by atoms with E-state index >= 15 is 0 Å². The van der Waals surface area contributed by atoms with Crippen molar-refractivity contribution in [3.8, 4) is 0 Å². The lowest BCUT2D eigenvalue weighted by molar-refractivity contribution is -0.128. The van der Waals surface area contributed by atoms with Gasteiger partial charge in [-0.05, 0) is 57.5 Å². The van der Waals surface area contributed by atoms with E-state index in [2.05, 4.69) is 20.8 Å². The normalized spacial score (nSPS) is 16.8. The second-order valence-electron chi connectivity index (χ2n) is 5.59. The molecule has 1 heterocycles. The van der Waals surface area contributed by atoms with Gasteiger partial charge in [0.2, 0.25) is 0 Å². The molecule has 0 spiro atoms. The van der Waals surface area contributed by atoms with E-state index in [0.29, 0.717) is 10.0 Å². The first-order valence-corrected chi connectivity index (χ1v) is 7.43. The largest absolute Gasteiger partial charge is 0.297 e. The molecule has 2 nitrogen and oxygen atoms in total. The molecule has 0 aliphatic carbocycles. The zero-order valence-corrected chi connectivity index (χ0v) is 13.0. The van der Waals surface area contributed by atoms with Crippen molar-refractivity contribution in [1.29, 1.82) is 0 Å². The van der Waals surface area contributed by atoms with Crippen LogP contribution in [0.4, 0.5) is 4.39 Å². The summed E-state index contributed by atoms with van der Waals surface area (Å²) >= 11 is 3.22. The van der Waals surface area contributed by atoms with Gasteiger partial charge in [-0.25, -0.2) is 4.39 Å². The molecule has 0 N–H and O–H groups in total. The van der Waals surface area contributed by atoms with Crippen LogP contribution in [0.1, 0.15) is 32.3 Å². The molecule has 0 aromatic heterocycles. The van der Waals surface area contributed by atoms with Gasteiger partial charge in [-0.1, -0.05) is 22.0 Å². The molecule has 1 aromatic rings. The number of carbonyl (C=O) groups is 1. The molecular weight excluding hydrogens is 309 g/mol. The minimum atomic E-state index is -0.504. The number of benzene rings is 1. The zero-order valence-electron chi connectivity index (χ0n) is 11.4. The monoisotopic (exact) mass is 327 g/mol. The molecule has 0 radical (unpaired) electrons. The lowest BCUT2D eigenvalue weighted by Crippen LogP contribution is -2.49. The molecule has 1 saturated heterocycles. The van der Waals surface area contributed by atoms with E-state index in [1.54, 1.807) is 12.1 Å². The number of nitrogens with zero attached hydrogens (tertiary/aromatic N) is 1. The highest BCUT2D eigenvalue weighted by molar-refractivity contribution is 9.10. The van der Waals surface area contributed by atoms with Gasteiger partial charge in [0.1, 0.15) is 5.82 Å². The van der Waals surface area contributed by atoms with Crippen molar-refractivity contribution >= 4 is 21.7 Å². The molecule has 1 aliphatic heterocycles. The summed E-state index contributed by atoms with van der Waals surface area (Å²) in [6, 6.07) is 4.86. The van der Waals surface area contributed by atoms with Crippen molar-refractivity contribution in [2.24, 2.45) is 0 Å². The van der Waals surface area contributed by atoms with E-state index < -0.39 is 5.54 Å². The minimum absolute atomic E-state index is 0.0793. The third-order valence-electron chi connectivity index (χ3n) is 3.95. The Morgan fingerprint density at radius 3 is 2.58 bits per heavy atom. The third kappa shape index (κ3) is 3.23. The number of hydrogen-bond donors (Lipinski definition) is 0. The molecular formula is C15H19BrFNO. The molecule has 0 atom stereocenters. The Hall–Kier alpha value is -0.740. The lowest BCUT2D eigenvalue weighted by atomic mass is 9.92. The van der Waals surface area contributed by atoms with Gasteiger partial charge < -0.3 is 0 Å². The van der Waals surface area contributed by atoms with Crippen LogP contribution in [0, 0.1) is 5.82 Å². The summed E-state index contributed by atoms with van der Waals surface area (Å²) < 4.78 is 14.5. The van der Waals surface area contributed by atoms with E-state index in [9.17, 15) is 9.18 Å². The maximum absolute atomic E-state index is 13.8. The van der Waals surface area contributed by atoms with E-state index in [1.165, 1.54) is 6.07 Å². The van der Waals surface area contributed by atoms with E-state index in [1.807, 2.05) is 13.8 Å². The summed E-state index contributed by atoms with van der Waals surface area (Å²) in [6.45, 7) is 5.80. The van der Waals surface area contributed by atoms with Crippen LogP contribution >= 0.6 is 15.9 Å². The number of carbonyl (C=O) groups excluding carboxylic acids is 1. The Morgan fingerprint density at radius 2 is 2.00 bits per heavy atom. The summed E-state index contributed by atoms with van der Waals surface area (Å²) in [5, 5.41) is 0. The molecule has 104 valence electrons. The molecule has 1 aromatic carbocycles. The molecule has 0 unspecified atom stereocenters. The van der Waals surface area contributed by atoms with Crippen LogP contribution in [0.2, 0.25) is 0 Å². The maximum atomic E-state index is 13.8. The fourth-order valence-electron chi connectivity index (χ4n) is 2.51. The van der Waals surface area contributed by atoms with Gasteiger partial charge >= 0.3 is 0 Å². The average molecular weight is 328 g/mol. The molecule has 0 bridgehead atoms. The smallest absolute Gasteiger partial charge is 0.156 e. The molecule has 19 heavy (non-hydrogen) atoms. The van der Waals surface area contributed by atoms with Crippen molar-refractivity contribution in [2.75, 3.05) is 13.1 Å². The molecule has 1 aliphatic rings. The molecule has 4 heteroatoms. The van der Waals surface area contributed by atoms with E-state index in [-0.39, 0.29) is 18.0 Å². The van der Waals surface area contributed by atoms with Gasteiger partial charge in [0.05, 0.1) is 5.54 Å². The van der Waals surface area contributed by atoms with Gasteiger partial charge in [-0.15, -0.1) is 0 Å². The summed E-state index contributed by atoms with van der Waals surface area (Å²) in [5.41, 5.74) is -0.0313. The summed E-state index contributed by atoms with van der Waals surface area (Å²) in [6.07, 6.45) is 2.44. The maximum Gasteiger partial charge on any atom is 0.156 e. The van der Waals surface area contributed by atoms with Crippen molar-refractivity contribution < 1.29 is 9.18 Å². The van der Waals surface area contributed by atoms with Crippen LogP contribution in [-0.2, 0) is 11.2 Å². The highest BCUT2D eigenvalue weighted by Crippen LogP contribution is 2.24. The molecule has 1 fully saturated rings. The number of hydrogen-bond acceptors (Lipinski definition) is 2. The number of likely N-dealkylation sites (tertiary alicyclic amines) is 1. The first-order valence-electron chi connectivity index (χ1n) is 6.63. The first kappa shape index (κ1) is 14.7. The number of Topliss-reactive ketones (excluding diaryl/α,β-unsaturated/α-hetero) is 1. The number of ketones is 1. The van der Waals surface area contributed by atoms with Crippen LogP contribution in [0.15, 0.2) is 22.7 Å². The van der Waals surface area contributed by atoms with Crippen LogP contribution in [0.5, 0.6) is 0 Å². The summed E-state index contributed by atoms with van der Waals surface area (Å²) in [7, 11) is 0. The van der Waals surface area contributed by atoms with Gasteiger partial charge in [0.15, 0.2) is 5.78 Å². The SMILES string of the molecule is CC(C)(C(=O)Cc1ccc(Br)cc1F)N1CCCC1. The van der Waals surface area contributed by atoms with E-state index in [4.69, 9.17) is 0 Å². The first-order chi connectivity index (χ1) is 8.91. The number of rotatable bonds is 4. The third-order valence-corrected chi connectivity index (χ3v) is 4.44. The fraction of sp³-hybridized carbons (Fsp3) is 0.533. The van der Waals surface area contributed by atoms with Crippen molar-refractivity contribution in [3.63, 3.8) is 0 Å². The predicted octanol–water partition coefficient (Wildman–Crippen LogP) is 3.57. The van der Waals surface area contributed by atoms with Gasteiger partial charge in [0, 0.05) is 10.9 Å². The predicted molar refractivity (Wildman–Crippen MR) is 77.7 cm³/mol. The highest BCUT2D eigenvalue weighted by Gasteiger charge is 2.35. The van der Waals surface area contributed by atoms with Crippen molar-refractivity contribution in [2.45, 2.75) is 38.6 Å². The average Bonchev–Trinajstić information content (AvgIpc) is 2.86. The minimum Gasteiger partial charge on any atom is -0.297 e. The Bertz CT molecular complexity index is 481. The van der Waals surface area contributed by atoms with Crippen LogP contribution < -0.4 is 0 Å². The Balaban J connectivity index is 2.11. The highest BCUT2D eigenvalue weighted by atomic mass is 79.9. The van der Waals surface area contributed by atoms with E-state index in [0.717, 1.165) is 25.9 Å². The summed E-state index contributed by atoms with van der Waals surface area (Å²) in [5.74, 6) is -0.240. The Labute approximate surface area is 122 Å².